The molecule has 6 rings (SSSR count). The molecule has 0 spiro atoms. The maximum atomic E-state index is 13.7. The summed E-state index contributed by atoms with van der Waals surface area (Å²) >= 11 is 0. The van der Waals surface area contributed by atoms with Crippen LogP contribution in [0.15, 0.2) is 58.4 Å². The van der Waals surface area contributed by atoms with Crippen molar-refractivity contribution in [3.05, 3.63) is 86.7 Å². The molecule has 1 atom stereocenters. The Kier molecular flexibility index (Phi) is 20.3. The van der Waals surface area contributed by atoms with Crippen molar-refractivity contribution < 1.29 is 57.3 Å². The second kappa shape index (κ2) is 26.5. The summed E-state index contributed by atoms with van der Waals surface area (Å²) in [5, 5.41) is 16.3. The summed E-state index contributed by atoms with van der Waals surface area (Å²) in [6, 6.07) is 14.6. The number of rotatable bonds is 31. The first-order valence-corrected chi connectivity index (χ1v) is 23.8. The summed E-state index contributed by atoms with van der Waals surface area (Å²) < 4.78 is 51.9. The molecule has 2 aromatic heterocycles. The number of esters is 1. The molecule has 0 saturated carbocycles. The Balaban J connectivity index is 0.824. The lowest BCUT2D eigenvalue weighted by Crippen LogP contribution is -2.44. The minimum atomic E-state index is -1.90. The summed E-state index contributed by atoms with van der Waals surface area (Å²) in [5.41, 5.74) is 6.10. The van der Waals surface area contributed by atoms with Crippen molar-refractivity contribution in [3.63, 3.8) is 0 Å². The first-order chi connectivity index (χ1) is 33.0. The van der Waals surface area contributed by atoms with E-state index in [-0.39, 0.29) is 36.3 Å². The number of amides is 1. The Morgan fingerprint density at radius 3 is 2.01 bits per heavy atom. The van der Waals surface area contributed by atoms with Gasteiger partial charge in [0.05, 0.1) is 107 Å². The van der Waals surface area contributed by atoms with Crippen LogP contribution in [0.2, 0.25) is 0 Å². The number of nitrogens with one attached hydrogen (secondary N) is 1. The number of nitrogens with zero attached hydrogens (tertiary/aromatic N) is 3. The number of hydrogen-bond donors (Lipinski definition) is 2. The van der Waals surface area contributed by atoms with E-state index in [9.17, 15) is 19.5 Å². The van der Waals surface area contributed by atoms with E-state index in [1.807, 2.05) is 43.3 Å². The molecular weight excluding hydrogens is 877 g/mol. The molecular formula is C51H68N4O13. The molecule has 17 heteroatoms. The lowest BCUT2D eigenvalue weighted by Gasteiger charge is -2.31. The van der Waals surface area contributed by atoms with Crippen LogP contribution in [0.25, 0.3) is 22.3 Å². The van der Waals surface area contributed by atoms with Crippen molar-refractivity contribution in [2.24, 2.45) is 11.0 Å². The molecule has 0 aliphatic carbocycles. The predicted molar refractivity (Wildman–Crippen MR) is 255 cm³/mol. The molecule has 2 aliphatic rings. The van der Waals surface area contributed by atoms with Gasteiger partial charge in [0.15, 0.2) is 12.2 Å². The van der Waals surface area contributed by atoms with E-state index in [1.165, 1.54) is 0 Å². The van der Waals surface area contributed by atoms with Gasteiger partial charge in [-0.25, -0.2) is 15.2 Å². The van der Waals surface area contributed by atoms with Gasteiger partial charge in [0.2, 0.25) is 0 Å². The van der Waals surface area contributed by atoms with E-state index in [0.29, 0.717) is 127 Å². The highest BCUT2D eigenvalue weighted by molar-refractivity contribution is 5.99. The number of ether oxygens (including phenoxy) is 9. The Morgan fingerprint density at radius 2 is 1.40 bits per heavy atom. The van der Waals surface area contributed by atoms with E-state index in [4.69, 9.17) is 47.6 Å². The molecule has 0 fully saturated rings. The van der Waals surface area contributed by atoms with Gasteiger partial charge in [-0.3, -0.25) is 9.59 Å². The van der Waals surface area contributed by atoms with Crippen molar-refractivity contribution in [1.29, 1.82) is 0 Å². The van der Waals surface area contributed by atoms with Gasteiger partial charge in [0.1, 0.15) is 18.1 Å². The van der Waals surface area contributed by atoms with Crippen LogP contribution in [0.5, 0.6) is 11.5 Å². The molecule has 0 bridgehead atoms. The summed E-state index contributed by atoms with van der Waals surface area (Å²) in [6.07, 6.45) is 3.49. The zero-order valence-corrected chi connectivity index (χ0v) is 40.2. The maximum Gasteiger partial charge on any atom is 0.343 e. The van der Waals surface area contributed by atoms with Gasteiger partial charge in [-0.1, -0.05) is 27.7 Å². The predicted octanol–water partition coefficient (Wildman–Crippen LogP) is 5.87. The molecule has 370 valence electrons. The normalized spacial score (nSPS) is 15.3. The number of cyclic esters (lactones) is 1. The van der Waals surface area contributed by atoms with Gasteiger partial charge in [0, 0.05) is 29.7 Å². The minimum Gasteiger partial charge on any atom is -0.494 e. The maximum absolute atomic E-state index is 13.7. The zero-order chi connectivity index (χ0) is 48.3. The molecule has 2 aliphatic heterocycles. The summed E-state index contributed by atoms with van der Waals surface area (Å²) in [7, 11) is 0. The average Bonchev–Trinajstić information content (AvgIpc) is 3.71. The van der Waals surface area contributed by atoms with E-state index >= 15 is 0 Å². The monoisotopic (exact) mass is 944 g/mol. The van der Waals surface area contributed by atoms with Crippen LogP contribution < -0.4 is 20.5 Å². The number of carbonyl (C=O) groups excluding carboxylic acids is 2. The van der Waals surface area contributed by atoms with E-state index in [2.05, 4.69) is 24.4 Å². The Morgan fingerprint density at radius 1 is 0.794 bits per heavy atom. The molecule has 0 unspecified atom stereocenters. The zero-order valence-electron chi connectivity index (χ0n) is 40.2. The van der Waals surface area contributed by atoms with Gasteiger partial charge < -0.3 is 52.3 Å². The number of hydrazone groups is 1. The molecule has 0 radical (unpaired) electrons. The van der Waals surface area contributed by atoms with Crippen molar-refractivity contribution >= 4 is 28.5 Å². The molecule has 4 heterocycles. The molecule has 68 heavy (non-hydrogen) atoms. The number of aromatic nitrogens is 2. The van der Waals surface area contributed by atoms with Crippen molar-refractivity contribution in [3.8, 4) is 22.9 Å². The van der Waals surface area contributed by atoms with Gasteiger partial charge >= 0.3 is 5.97 Å². The quantitative estimate of drug-likeness (QED) is 0.0232. The Hall–Kier alpha value is -5.27. The number of pyridine rings is 2. The third kappa shape index (κ3) is 14.2. The molecule has 1 amide bonds. The fraction of sp³-hybridized carbons (Fsp3) is 0.549. The standard InChI is InChI=1S/C51H68N4O13/c1-6-40-41-30-39(14-15-45(41)52-48-42(40)32-55-46(48)31-44-43(49(55)57)33-68-50(58)51(44,59)7-2)67-34-47(56)54-53-36(5)37-10-12-38(13-11-37)66-18-9-8-17-60-20-22-62-24-26-64-28-29-65-27-25-63-23-21-61-19-16-35(3)4/h10-15,30-31,35,59H,6-9,16-29,32-34H2,1-5H3,(H,54,56)/b53-36+/t51-/m0/s1. The Labute approximate surface area is 398 Å². The van der Waals surface area contributed by atoms with Gasteiger partial charge in [-0.05, 0) is 105 Å². The summed E-state index contributed by atoms with van der Waals surface area (Å²) in [5.74, 6) is 0.685. The first kappa shape index (κ1) is 52.1. The number of fused-ring (bicyclic) bond motifs is 5. The second-order valence-corrected chi connectivity index (χ2v) is 17.0. The van der Waals surface area contributed by atoms with E-state index < -0.39 is 17.5 Å². The first-order valence-electron chi connectivity index (χ1n) is 23.8. The number of unbranched alkanes of at least 4 members (excludes halogenated alkanes) is 1. The van der Waals surface area contributed by atoms with E-state index in [0.717, 1.165) is 53.7 Å². The van der Waals surface area contributed by atoms with Crippen molar-refractivity contribution in [2.45, 2.75) is 85.5 Å². The molecule has 17 nitrogen and oxygen atoms in total. The lowest BCUT2D eigenvalue weighted by atomic mass is 9.86. The van der Waals surface area contributed by atoms with Gasteiger partial charge in [0.25, 0.3) is 11.5 Å². The number of hydrogen-bond acceptors (Lipinski definition) is 15. The largest absolute Gasteiger partial charge is 0.494 e. The minimum absolute atomic E-state index is 0.0685. The van der Waals surface area contributed by atoms with Crippen molar-refractivity contribution in [1.82, 2.24) is 15.0 Å². The molecule has 2 N–H and O–H groups in total. The highest BCUT2D eigenvalue weighted by Gasteiger charge is 2.45. The number of aryl methyl sites for hydroxylation is 1. The van der Waals surface area contributed by atoms with Crippen LogP contribution in [0.3, 0.4) is 0 Å². The van der Waals surface area contributed by atoms with Crippen molar-refractivity contribution in [2.75, 3.05) is 92.5 Å². The smallest absolute Gasteiger partial charge is 0.343 e. The van der Waals surface area contributed by atoms with Gasteiger partial charge in [-0.2, -0.15) is 5.10 Å². The third-order valence-corrected chi connectivity index (χ3v) is 11.8. The summed E-state index contributed by atoms with van der Waals surface area (Å²) in [4.78, 5) is 44.0. The van der Waals surface area contributed by atoms with Crippen LogP contribution in [0.1, 0.15) is 88.1 Å². The Bertz CT molecular complexity index is 2370. The van der Waals surface area contributed by atoms with E-state index in [1.54, 1.807) is 30.5 Å². The van der Waals surface area contributed by atoms with Crippen LogP contribution in [-0.2, 0) is 67.9 Å². The average molecular weight is 945 g/mol. The van der Waals surface area contributed by atoms with Crippen LogP contribution in [0.4, 0.5) is 0 Å². The SMILES string of the molecule is CCc1c2c(nc3ccc(OCC(=O)N/N=C(\C)c4ccc(OCCCCOCCOCCOCCOCCOCCOCCC(C)C)cc4)cc13)-c1cc3c(c(=O)n1C2)COC(=O)[C@]3(O)CC. The lowest BCUT2D eigenvalue weighted by molar-refractivity contribution is -0.172. The fourth-order valence-electron chi connectivity index (χ4n) is 7.84. The molecule has 2 aromatic carbocycles. The highest BCUT2D eigenvalue weighted by atomic mass is 16.6. The second-order valence-electron chi connectivity index (χ2n) is 17.0. The molecule has 0 saturated heterocycles. The van der Waals surface area contributed by atoms with Crippen LogP contribution in [-0.4, -0.2) is 125 Å². The number of carbonyl (C=O) groups is 2. The summed E-state index contributed by atoms with van der Waals surface area (Å²) in [6.45, 7) is 17.0. The van der Waals surface area contributed by atoms with Crippen LogP contribution >= 0.6 is 0 Å². The van der Waals surface area contributed by atoms with Gasteiger partial charge in [-0.15, -0.1) is 0 Å². The number of benzene rings is 2. The fourth-order valence-corrected chi connectivity index (χ4v) is 7.84. The number of aliphatic hydroxyl groups is 1. The highest BCUT2D eigenvalue weighted by Crippen LogP contribution is 2.40. The topological polar surface area (TPSA) is 197 Å². The molecule has 4 aromatic rings. The van der Waals surface area contributed by atoms with Crippen LogP contribution in [0, 0.1) is 5.92 Å². The third-order valence-electron chi connectivity index (χ3n) is 11.8.